The molecular weight excluding hydrogens is 397 g/mol. The number of halogens is 3. The van der Waals surface area contributed by atoms with E-state index in [1.54, 1.807) is 0 Å². The summed E-state index contributed by atoms with van der Waals surface area (Å²) in [7, 11) is -3.70. The number of nitrogens with one attached hydrogen (secondary N) is 1. The fourth-order valence-corrected chi connectivity index (χ4v) is 6.05. The van der Waals surface area contributed by atoms with E-state index in [-0.39, 0.29) is 21.0 Å². The van der Waals surface area contributed by atoms with Crippen molar-refractivity contribution in [3.63, 3.8) is 0 Å². The predicted octanol–water partition coefficient (Wildman–Crippen LogP) is 5.00. The molecule has 1 aliphatic carbocycles. The van der Waals surface area contributed by atoms with E-state index in [1.165, 1.54) is 18.6 Å². The van der Waals surface area contributed by atoms with Crippen LogP contribution in [0.3, 0.4) is 0 Å². The third-order valence-corrected chi connectivity index (χ3v) is 6.81. The normalized spacial score (nSPS) is 23.2. The van der Waals surface area contributed by atoms with Crippen molar-refractivity contribution in [2.24, 2.45) is 5.92 Å². The first-order valence-corrected chi connectivity index (χ1v) is 10.0. The lowest BCUT2D eigenvalue weighted by Gasteiger charge is -2.29. The van der Waals surface area contributed by atoms with E-state index in [0.717, 1.165) is 25.7 Å². The summed E-state index contributed by atoms with van der Waals surface area (Å²) in [5.41, 5.74) is 0. The van der Waals surface area contributed by atoms with Crippen LogP contribution in [0.15, 0.2) is 21.5 Å². The van der Waals surface area contributed by atoms with Crippen LogP contribution in [0.5, 0.6) is 0 Å². The van der Waals surface area contributed by atoms with Crippen molar-refractivity contribution in [2.75, 3.05) is 0 Å². The first kappa shape index (κ1) is 17.5. The molecule has 1 N–H and O–H groups in total. The van der Waals surface area contributed by atoms with E-state index in [9.17, 15) is 8.42 Å². The van der Waals surface area contributed by atoms with Gasteiger partial charge in [0.25, 0.3) is 0 Å². The lowest BCUT2D eigenvalue weighted by atomic mass is 9.85. The molecule has 118 valence electrons. The second-order valence-electron chi connectivity index (χ2n) is 5.46. The van der Waals surface area contributed by atoms with Gasteiger partial charge >= 0.3 is 0 Å². The van der Waals surface area contributed by atoms with Crippen LogP contribution in [0.2, 0.25) is 10.0 Å². The summed E-state index contributed by atoms with van der Waals surface area (Å²) >= 11 is 15.4. The molecule has 0 aliphatic heterocycles. The Morgan fingerprint density at radius 2 is 1.90 bits per heavy atom. The van der Waals surface area contributed by atoms with Gasteiger partial charge in [0.05, 0.1) is 10.0 Å². The summed E-state index contributed by atoms with van der Waals surface area (Å²) in [5.74, 6) is 0.585. The highest BCUT2D eigenvalue weighted by atomic mass is 79.9. The molecule has 2 rings (SSSR count). The van der Waals surface area contributed by atoms with E-state index in [1.807, 2.05) is 0 Å². The maximum absolute atomic E-state index is 12.6. The van der Waals surface area contributed by atoms with Crippen LogP contribution in [0.4, 0.5) is 0 Å². The van der Waals surface area contributed by atoms with Crippen molar-refractivity contribution >= 4 is 49.2 Å². The molecule has 1 aromatic rings. The minimum atomic E-state index is -3.70. The maximum Gasteiger partial charge on any atom is 0.243 e. The third kappa shape index (κ3) is 4.35. The highest BCUT2D eigenvalue weighted by molar-refractivity contribution is 9.10. The molecule has 0 spiro atoms. The molecule has 0 radical (unpaired) electrons. The molecule has 1 aromatic carbocycles. The van der Waals surface area contributed by atoms with Crippen molar-refractivity contribution < 1.29 is 8.42 Å². The van der Waals surface area contributed by atoms with Crippen LogP contribution in [0.25, 0.3) is 0 Å². The second kappa shape index (κ2) is 7.18. The van der Waals surface area contributed by atoms with Gasteiger partial charge in [0.1, 0.15) is 4.90 Å². The van der Waals surface area contributed by atoms with Crippen LogP contribution >= 0.6 is 39.1 Å². The quantitative estimate of drug-likeness (QED) is 0.752. The van der Waals surface area contributed by atoms with E-state index in [2.05, 4.69) is 27.6 Å². The molecule has 3 nitrogen and oxygen atoms in total. The number of hydrogen-bond donors (Lipinski definition) is 1. The smallest absolute Gasteiger partial charge is 0.208 e. The van der Waals surface area contributed by atoms with Crippen molar-refractivity contribution in [3.8, 4) is 0 Å². The lowest BCUT2D eigenvalue weighted by molar-refractivity contribution is 0.301. The monoisotopic (exact) mass is 413 g/mol. The molecule has 0 bridgehead atoms. The van der Waals surface area contributed by atoms with Crippen LogP contribution in [-0.2, 0) is 10.0 Å². The highest BCUT2D eigenvalue weighted by Gasteiger charge is 2.28. The Kier molecular flexibility index (Phi) is 5.99. The minimum Gasteiger partial charge on any atom is -0.208 e. The highest BCUT2D eigenvalue weighted by Crippen LogP contribution is 2.34. The topological polar surface area (TPSA) is 46.2 Å². The standard InChI is InChI=1S/C14H18BrCl2NO2S/c1-2-9-4-3-5-11(6-9)18-21(19,20)14-12(16)7-10(15)8-13(14)17/h7-9,11,18H,2-6H2,1H3. The van der Waals surface area contributed by atoms with Crippen molar-refractivity contribution in [2.45, 2.75) is 50.0 Å². The van der Waals surface area contributed by atoms with E-state index in [4.69, 9.17) is 23.2 Å². The maximum atomic E-state index is 12.6. The average Bonchev–Trinajstić information content (AvgIpc) is 2.36. The Morgan fingerprint density at radius 1 is 1.29 bits per heavy atom. The summed E-state index contributed by atoms with van der Waals surface area (Å²) in [4.78, 5) is -0.0346. The fourth-order valence-electron chi connectivity index (χ4n) is 2.83. The van der Waals surface area contributed by atoms with Gasteiger partial charge in [-0.2, -0.15) is 0 Å². The summed E-state index contributed by atoms with van der Waals surface area (Å²) in [6, 6.07) is 3.04. The number of sulfonamides is 1. The van der Waals surface area contributed by atoms with E-state index >= 15 is 0 Å². The number of benzene rings is 1. The summed E-state index contributed by atoms with van der Waals surface area (Å²) in [6.45, 7) is 2.14. The molecule has 7 heteroatoms. The fraction of sp³-hybridized carbons (Fsp3) is 0.571. The average molecular weight is 415 g/mol. The zero-order valence-electron chi connectivity index (χ0n) is 11.7. The van der Waals surface area contributed by atoms with E-state index < -0.39 is 10.0 Å². The Hall–Kier alpha value is 0.190. The van der Waals surface area contributed by atoms with Gasteiger partial charge in [-0.15, -0.1) is 0 Å². The zero-order chi connectivity index (χ0) is 15.6. The van der Waals surface area contributed by atoms with Crippen molar-refractivity contribution in [3.05, 3.63) is 26.7 Å². The Morgan fingerprint density at radius 3 is 2.48 bits per heavy atom. The van der Waals surface area contributed by atoms with Gasteiger partial charge < -0.3 is 0 Å². The summed E-state index contributed by atoms with van der Waals surface area (Å²) in [6.07, 6.45) is 5.04. The molecule has 1 saturated carbocycles. The molecular formula is C14H18BrCl2NO2S. The summed E-state index contributed by atoms with van der Waals surface area (Å²) < 4.78 is 28.5. The Labute approximate surface area is 144 Å². The first-order chi connectivity index (χ1) is 9.83. The Bertz CT molecular complexity index is 598. The number of hydrogen-bond acceptors (Lipinski definition) is 2. The molecule has 2 unspecified atom stereocenters. The van der Waals surface area contributed by atoms with E-state index in [0.29, 0.717) is 10.4 Å². The zero-order valence-corrected chi connectivity index (χ0v) is 15.6. The van der Waals surface area contributed by atoms with Crippen LogP contribution in [0.1, 0.15) is 39.0 Å². The molecule has 0 aromatic heterocycles. The molecule has 0 heterocycles. The molecule has 21 heavy (non-hydrogen) atoms. The molecule has 1 fully saturated rings. The minimum absolute atomic E-state index is 0.0346. The van der Waals surface area contributed by atoms with Gasteiger partial charge in [-0.3, -0.25) is 0 Å². The lowest BCUT2D eigenvalue weighted by Crippen LogP contribution is -2.38. The number of rotatable bonds is 4. The van der Waals surface area contributed by atoms with Gasteiger partial charge in [-0.25, -0.2) is 13.1 Å². The van der Waals surface area contributed by atoms with Gasteiger partial charge in [0.2, 0.25) is 10.0 Å². The van der Waals surface area contributed by atoms with Crippen molar-refractivity contribution in [1.82, 2.24) is 4.72 Å². The third-order valence-electron chi connectivity index (χ3n) is 3.91. The van der Waals surface area contributed by atoms with Gasteiger partial charge in [-0.05, 0) is 30.9 Å². The molecule has 1 aliphatic rings. The summed E-state index contributed by atoms with van der Waals surface area (Å²) in [5, 5.41) is 0.259. The van der Waals surface area contributed by atoms with Gasteiger partial charge in [-0.1, -0.05) is 65.3 Å². The Balaban J connectivity index is 2.23. The van der Waals surface area contributed by atoms with Gasteiger partial charge in [0, 0.05) is 10.5 Å². The second-order valence-corrected chi connectivity index (χ2v) is 8.84. The van der Waals surface area contributed by atoms with Crippen LogP contribution in [0, 0.1) is 5.92 Å². The SMILES string of the molecule is CCC1CCCC(NS(=O)(=O)c2c(Cl)cc(Br)cc2Cl)C1. The van der Waals surface area contributed by atoms with Crippen molar-refractivity contribution in [1.29, 1.82) is 0 Å². The molecule has 2 atom stereocenters. The largest absolute Gasteiger partial charge is 0.243 e. The van der Waals surface area contributed by atoms with Crippen LogP contribution < -0.4 is 4.72 Å². The van der Waals surface area contributed by atoms with Gasteiger partial charge in [0.15, 0.2) is 0 Å². The first-order valence-electron chi connectivity index (χ1n) is 7.00. The molecule has 0 saturated heterocycles. The molecule has 0 amide bonds. The predicted molar refractivity (Wildman–Crippen MR) is 90.5 cm³/mol. The van der Waals surface area contributed by atoms with Crippen LogP contribution in [-0.4, -0.2) is 14.5 Å².